The lowest BCUT2D eigenvalue weighted by atomic mass is 9.99. The van der Waals surface area contributed by atoms with Gasteiger partial charge in [-0.15, -0.1) is 0 Å². The second-order valence-electron chi connectivity index (χ2n) is 5.69. The predicted molar refractivity (Wildman–Crippen MR) is 88.0 cm³/mol. The van der Waals surface area contributed by atoms with Crippen LogP contribution >= 0.6 is 0 Å². The maximum absolute atomic E-state index is 5.95. The van der Waals surface area contributed by atoms with Crippen LogP contribution in [-0.4, -0.2) is 65.3 Å². The zero-order valence-corrected chi connectivity index (χ0v) is 14.7. The number of hydrogen-bond acceptors (Lipinski definition) is 5. The summed E-state index contributed by atoms with van der Waals surface area (Å²) in [4.78, 5) is 0. The second kappa shape index (κ2) is 13.5. The smallest absolute Gasteiger partial charge is 0.0674 e. The summed E-state index contributed by atoms with van der Waals surface area (Å²) >= 11 is 0. The lowest BCUT2D eigenvalue weighted by Gasteiger charge is -2.29. The largest absolute Gasteiger partial charge is 0.380 e. The van der Waals surface area contributed by atoms with E-state index >= 15 is 0 Å². The molecule has 0 rings (SSSR count). The highest BCUT2D eigenvalue weighted by Gasteiger charge is 2.22. The van der Waals surface area contributed by atoms with E-state index in [0.717, 1.165) is 58.8 Å². The van der Waals surface area contributed by atoms with Crippen molar-refractivity contribution in [3.8, 4) is 0 Å². The second-order valence-corrected chi connectivity index (χ2v) is 5.69. The van der Waals surface area contributed by atoms with E-state index in [9.17, 15) is 0 Å². The molecule has 0 amide bonds. The summed E-state index contributed by atoms with van der Waals surface area (Å²) in [5.41, 5.74) is -0.0835. The Bertz CT molecular complexity index is 230. The van der Waals surface area contributed by atoms with Crippen molar-refractivity contribution < 1.29 is 14.2 Å². The Morgan fingerprint density at radius 2 is 1.67 bits per heavy atom. The monoisotopic (exact) mass is 304 g/mol. The van der Waals surface area contributed by atoms with Crippen LogP contribution in [0.2, 0.25) is 0 Å². The van der Waals surface area contributed by atoms with Gasteiger partial charge in [-0.3, -0.25) is 0 Å². The van der Waals surface area contributed by atoms with Crippen LogP contribution in [0, 0.1) is 0 Å². The minimum Gasteiger partial charge on any atom is -0.380 e. The van der Waals surface area contributed by atoms with E-state index in [2.05, 4.69) is 31.4 Å². The Labute approximate surface area is 131 Å². The van der Waals surface area contributed by atoms with Gasteiger partial charge in [0, 0.05) is 26.3 Å². The van der Waals surface area contributed by atoms with E-state index in [1.165, 1.54) is 0 Å². The highest BCUT2D eigenvalue weighted by molar-refractivity contribution is 4.73. The normalized spacial score (nSPS) is 15.9. The van der Waals surface area contributed by atoms with Gasteiger partial charge in [-0.1, -0.05) is 6.92 Å². The fourth-order valence-electron chi connectivity index (χ4n) is 1.84. The van der Waals surface area contributed by atoms with Crippen molar-refractivity contribution >= 4 is 0 Å². The van der Waals surface area contributed by atoms with Gasteiger partial charge in [0.1, 0.15) is 0 Å². The van der Waals surface area contributed by atoms with E-state index in [1.807, 2.05) is 14.1 Å². The Kier molecular flexibility index (Phi) is 13.3. The third kappa shape index (κ3) is 12.1. The lowest BCUT2D eigenvalue weighted by molar-refractivity contribution is -0.0636. The van der Waals surface area contributed by atoms with Crippen LogP contribution in [0.3, 0.4) is 0 Å². The molecule has 0 aliphatic heterocycles. The molecule has 2 unspecified atom stereocenters. The average molecular weight is 304 g/mol. The quantitative estimate of drug-likeness (QED) is 0.452. The Morgan fingerprint density at radius 3 is 2.29 bits per heavy atom. The third-order valence-corrected chi connectivity index (χ3v) is 3.75. The molecule has 0 saturated heterocycles. The van der Waals surface area contributed by atoms with E-state index in [-0.39, 0.29) is 11.7 Å². The maximum atomic E-state index is 5.95. The molecule has 0 spiro atoms. The summed E-state index contributed by atoms with van der Waals surface area (Å²) in [6.07, 6.45) is 3.10. The first kappa shape index (κ1) is 20.8. The molecular weight excluding hydrogens is 268 g/mol. The summed E-state index contributed by atoms with van der Waals surface area (Å²) in [7, 11) is 3.87. The van der Waals surface area contributed by atoms with Crippen molar-refractivity contribution in [3.63, 3.8) is 0 Å². The van der Waals surface area contributed by atoms with Crippen molar-refractivity contribution in [2.45, 2.75) is 51.7 Å². The van der Waals surface area contributed by atoms with Crippen LogP contribution in [0.15, 0.2) is 0 Å². The molecule has 0 saturated carbocycles. The minimum atomic E-state index is -0.0835. The van der Waals surface area contributed by atoms with Gasteiger partial charge >= 0.3 is 0 Å². The molecule has 0 aliphatic rings. The molecule has 0 aromatic carbocycles. The molecule has 0 aliphatic carbocycles. The van der Waals surface area contributed by atoms with E-state index in [0.29, 0.717) is 0 Å². The minimum absolute atomic E-state index is 0.0835. The van der Waals surface area contributed by atoms with Crippen molar-refractivity contribution in [1.82, 2.24) is 10.6 Å². The molecule has 2 atom stereocenters. The summed E-state index contributed by atoms with van der Waals surface area (Å²) in [6.45, 7) is 11.2. The van der Waals surface area contributed by atoms with E-state index in [4.69, 9.17) is 14.2 Å². The number of nitrogens with one attached hydrogen (secondary N) is 2. The lowest BCUT2D eigenvalue weighted by Crippen LogP contribution is -2.33. The molecular formula is C16H36N2O3. The zero-order valence-electron chi connectivity index (χ0n) is 14.7. The maximum Gasteiger partial charge on any atom is 0.0674 e. The highest BCUT2D eigenvalue weighted by atomic mass is 16.5. The average Bonchev–Trinajstić information content (AvgIpc) is 2.47. The number of ether oxygens (including phenoxy) is 3. The van der Waals surface area contributed by atoms with Crippen LogP contribution in [-0.2, 0) is 14.2 Å². The number of likely N-dealkylation sites (N-methyl/N-ethyl adjacent to an activating group) is 2. The topological polar surface area (TPSA) is 51.8 Å². The third-order valence-electron chi connectivity index (χ3n) is 3.75. The molecule has 0 fully saturated rings. The molecule has 5 nitrogen and oxygen atoms in total. The summed E-state index contributed by atoms with van der Waals surface area (Å²) < 4.78 is 17.3. The van der Waals surface area contributed by atoms with Crippen molar-refractivity contribution in [2.24, 2.45) is 0 Å². The standard InChI is InChI=1S/C16H36N2O3/c1-6-16(3,21-14-10-18-5)8-12-20-15(2)7-11-19-13-9-17-4/h15,17-18H,6-14H2,1-5H3. The Hall–Kier alpha value is -0.200. The van der Waals surface area contributed by atoms with Crippen LogP contribution in [0.5, 0.6) is 0 Å². The van der Waals surface area contributed by atoms with Crippen LogP contribution < -0.4 is 10.6 Å². The molecule has 128 valence electrons. The van der Waals surface area contributed by atoms with E-state index in [1.54, 1.807) is 0 Å². The fraction of sp³-hybridized carbons (Fsp3) is 1.00. The first-order chi connectivity index (χ1) is 10.1. The molecule has 0 bridgehead atoms. The van der Waals surface area contributed by atoms with Gasteiger partial charge < -0.3 is 24.8 Å². The van der Waals surface area contributed by atoms with Crippen molar-refractivity contribution in [3.05, 3.63) is 0 Å². The SMILES string of the molecule is CCC(C)(CCOC(C)CCOCCNC)OCCNC. The van der Waals surface area contributed by atoms with Crippen LogP contribution in [0.4, 0.5) is 0 Å². The Balaban J connectivity index is 3.68. The molecule has 0 radical (unpaired) electrons. The first-order valence-electron chi connectivity index (χ1n) is 8.20. The molecule has 2 N–H and O–H groups in total. The van der Waals surface area contributed by atoms with Crippen LogP contribution in [0.25, 0.3) is 0 Å². The molecule has 5 heteroatoms. The Morgan fingerprint density at radius 1 is 1.00 bits per heavy atom. The number of rotatable bonds is 15. The van der Waals surface area contributed by atoms with Gasteiger partial charge in [-0.05, 0) is 47.2 Å². The van der Waals surface area contributed by atoms with Crippen molar-refractivity contribution in [1.29, 1.82) is 0 Å². The number of hydrogen-bond donors (Lipinski definition) is 2. The summed E-state index contributed by atoms with van der Waals surface area (Å²) in [5.74, 6) is 0. The van der Waals surface area contributed by atoms with Gasteiger partial charge in [0.05, 0.1) is 24.9 Å². The fourth-order valence-corrected chi connectivity index (χ4v) is 1.84. The van der Waals surface area contributed by atoms with Gasteiger partial charge in [-0.2, -0.15) is 0 Å². The van der Waals surface area contributed by atoms with Gasteiger partial charge in [0.15, 0.2) is 0 Å². The first-order valence-corrected chi connectivity index (χ1v) is 8.20. The summed E-state index contributed by atoms with van der Waals surface area (Å²) in [5, 5.41) is 6.16. The molecule has 0 aromatic rings. The van der Waals surface area contributed by atoms with Crippen LogP contribution in [0.1, 0.15) is 40.0 Å². The summed E-state index contributed by atoms with van der Waals surface area (Å²) in [6, 6.07) is 0. The molecule has 0 aromatic heterocycles. The van der Waals surface area contributed by atoms with Gasteiger partial charge in [0.25, 0.3) is 0 Å². The van der Waals surface area contributed by atoms with Gasteiger partial charge in [0.2, 0.25) is 0 Å². The van der Waals surface area contributed by atoms with E-state index < -0.39 is 0 Å². The molecule has 0 heterocycles. The zero-order chi connectivity index (χ0) is 16.0. The van der Waals surface area contributed by atoms with Crippen molar-refractivity contribution in [2.75, 3.05) is 53.6 Å². The molecule has 21 heavy (non-hydrogen) atoms. The van der Waals surface area contributed by atoms with Gasteiger partial charge in [-0.25, -0.2) is 0 Å². The highest BCUT2D eigenvalue weighted by Crippen LogP contribution is 2.20. The predicted octanol–water partition coefficient (Wildman–Crippen LogP) is 1.81.